The minimum atomic E-state index is -4.60. The van der Waals surface area contributed by atoms with Crippen LogP contribution in [-0.2, 0) is 27.5 Å². The van der Waals surface area contributed by atoms with E-state index in [1.54, 1.807) is 37.3 Å². The monoisotopic (exact) mass is 544 g/mol. The van der Waals surface area contributed by atoms with Crippen molar-refractivity contribution in [3.05, 3.63) is 92.6 Å². The standard InChI is InChI=1S/C22H17Cl2F3N4O3S/c1-14-29-21(24)19(31(14)13-18-17(23)11-16(12-28-18)22(25,26)27)7-8-20(32)30-35(33,34)10-9-15-5-3-2-4-6-15/h2-12H,13H2,1H3,(H,30,32)/b8-7+,10-9+. The summed E-state index contributed by atoms with van der Waals surface area (Å²) in [6, 6.07) is 9.38. The molecule has 0 aliphatic rings. The van der Waals surface area contributed by atoms with Crippen LogP contribution in [0.15, 0.2) is 54.1 Å². The van der Waals surface area contributed by atoms with Gasteiger partial charge in [0.15, 0.2) is 5.15 Å². The van der Waals surface area contributed by atoms with E-state index in [-0.39, 0.29) is 28.1 Å². The normalized spacial score (nSPS) is 12.5. The van der Waals surface area contributed by atoms with Crippen LogP contribution in [0.25, 0.3) is 12.2 Å². The van der Waals surface area contributed by atoms with E-state index in [0.717, 1.165) is 17.6 Å². The van der Waals surface area contributed by atoms with Crippen molar-refractivity contribution in [3.8, 4) is 0 Å². The molecule has 0 atom stereocenters. The van der Waals surface area contributed by atoms with E-state index < -0.39 is 27.7 Å². The molecule has 2 heterocycles. The summed E-state index contributed by atoms with van der Waals surface area (Å²) in [5.74, 6) is -0.582. The van der Waals surface area contributed by atoms with Gasteiger partial charge in [-0.05, 0) is 30.7 Å². The molecule has 2 aromatic heterocycles. The minimum absolute atomic E-state index is 0.0126. The summed E-state index contributed by atoms with van der Waals surface area (Å²) in [5, 5.41) is 0.628. The van der Waals surface area contributed by atoms with Crippen molar-refractivity contribution in [3.63, 3.8) is 0 Å². The van der Waals surface area contributed by atoms with Gasteiger partial charge in [-0.2, -0.15) is 13.2 Å². The molecule has 7 nitrogen and oxygen atoms in total. The number of sulfonamides is 1. The van der Waals surface area contributed by atoms with Crippen LogP contribution in [0.5, 0.6) is 0 Å². The fraction of sp³-hybridized carbons (Fsp3) is 0.136. The molecule has 0 spiro atoms. The lowest BCUT2D eigenvalue weighted by molar-refractivity contribution is -0.137. The Bertz CT molecular complexity index is 1400. The molecular weight excluding hydrogens is 528 g/mol. The number of carbonyl (C=O) groups excluding carboxylic acids is 1. The van der Waals surface area contributed by atoms with E-state index in [4.69, 9.17) is 23.2 Å². The van der Waals surface area contributed by atoms with Crippen LogP contribution >= 0.6 is 23.2 Å². The maximum Gasteiger partial charge on any atom is 0.417 e. The first-order valence-electron chi connectivity index (χ1n) is 9.78. The number of alkyl halides is 3. The Balaban J connectivity index is 1.77. The fourth-order valence-corrected chi connectivity index (χ4v) is 4.15. The number of hydrogen-bond donors (Lipinski definition) is 1. The summed E-state index contributed by atoms with van der Waals surface area (Å²) in [5.41, 5.74) is -0.0487. The highest BCUT2D eigenvalue weighted by atomic mass is 35.5. The van der Waals surface area contributed by atoms with Crippen molar-refractivity contribution in [1.82, 2.24) is 19.3 Å². The molecular formula is C22H17Cl2F3N4O3S. The van der Waals surface area contributed by atoms with E-state index in [0.29, 0.717) is 17.6 Å². The van der Waals surface area contributed by atoms with Gasteiger partial charge in [-0.15, -0.1) is 0 Å². The number of aryl methyl sites for hydroxylation is 1. The summed E-state index contributed by atoms with van der Waals surface area (Å²) >= 11 is 12.1. The second-order valence-corrected chi connectivity index (χ2v) is 9.46. The first kappa shape index (κ1) is 26.5. The average molecular weight is 545 g/mol. The molecule has 0 saturated carbocycles. The Morgan fingerprint density at radius 1 is 1.17 bits per heavy atom. The molecule has 1 N–H and O–H groups in total. The molecule has 0 radical (unpaired) electrons. The summed E-state index contributed by atoms with van der Waals surface area (Å²) in [6.07, 6.45) is -0.441. The number of benzene rings is 1. The molecule has 3 rings (SSSR count). The van der Waals surface area contributed by atoms with Gasteiger partial charge in [0.25, 0.3) is 15.9 Å². The molecule has 1 amide bonds. The average Bonchev–Trinajstić information content (AvgIpc) is 3.04. The minimum Gasteiger partial charge on any atom is -0.321 e. The molecule has 0 bridgehead atoms. The first-order chi connectivity index (χ1) is 16.4. The fourth-order valence-electron chi connectivity index (χ4n) is 2.89. The Hall–Kier alpha value is -3.15. The molecule has 0 saturated heterocycles. The Kier molecular flexibility index (Phi) is 8.04. The third-order valence-electron chi connectivity index (χ3n) is 4.58. The molecule has 0 aliphatic heterocycles. The topological polar surface area (TPSA) is 94.0 Å². The summed E-state index contributed by atoms with van der Waals surface area (Å²) in [6.45, 7) is 1.49. The zero-order valence-corrected chi connectivity index (χ0v) is 20.3. The van der Waals surface area contributed by atoms with Crippen LogP contribution in [0.2, 0.25) is 10.2 Å². The van der Waals surface area contributed by atoms with Crippen molar-refractivity contribution in [2.24, 2.45) is 0 Å². The number of hydrogen-bond acceptors (Lipinski definition) is 5. The molecule has 13 heteroatoms. The van der Waals surface area contributed by atoms with Crippen molar-refractivity contribution in [2.75, 3.05) is 0 Å². The van der Waals surface area contributed by atoms with Crippen LogP contribution in [0.4, 0.5) is 13.2 Å². The molecule has 0 unspecified atom stereocenters. The Labute approximate surface area is 209 Å². The lowest BCUT2D eigenvalue weighted by Gasteiger charge is -2.11. The number of nitrogens with zero attached hydrogens (tertiary/aromatic N) is 3. The lowest BCUT2D eigenvalue weighted by atomic mass is 10.2. The van der Waals surface area contributed by atoms with Gasteiger partial charge in [-0.25, -0.2) is 18.1 Å². The molecule has 3 aromatic rings. The number of aromatic nitrogens is 3. The highest BCUT2D eigenvalue weighted by Gasteiger charge is 2.31. The largest absolute Gasteiger partial charge is 0.417 e. The van der Waals surface area contributed by atoms with Gasteiger partial charge in [0.05, 0.1) is 33.9 Å². The van der Waals surface area contributed by atoms with E-state index >= 15 is 0 Å². The van der Waals surface area contributed by atoms with Crippen LogP contribution in [0.1, 0.15) is 28.3 Å². The first-order valence-corrected chi connectivity index (χ1v) is 12.1. The number of carbonyl (C=O) groups is 1. The van der Waals surface area contributed by atoms with Gasteiger partial charge in [0.1, 0.15) is 5.82 Å². The van der Waals surface area contributed by atoms with Crippen LogP contribution in [-0.4, -0.2) is 28.9 Å². The summed E-state index contributed by atoms with van der Waals surface area (Å²) in [4.78, 5) is 20.1. The highest BCUT2D eigenvalue weighted by molar-refractivity contribution is 7.93. The third-order valence-corrected chi connectivity index (χ3v) is 6.17. The van der Waals surface area contributed by atoms with E-state index in [2.05, 4.69) is 9.97 Å². The summed E-state index contributed by atoms with van der Waals surface area (Å²) < 4.78 is 66.2. The van der Waals surface area contributed by atoms with Crippen molar-refractivity contribution >= 4 is 51.3 Å². The number of pyridine rings is 1. The lowest BCUT2D eigenvalue weighted by Crippen LogP contribution is -2.26. The molecule has 0 fully saturated rings. The van der Waals surface area contributed by atoms with Gasteiger partial charge in [-0.3, -0.25) is 9.78 Å². The highest BCUT2D eigenvalue weighted by Crippen LogP contribution is 2.31. The van der Waals surface area contributed by atoms with Gasteiger partial charge < -0.3 is 4.57 Å². The van der Waals surface area contributed by atoms with Gasteiger partial charge in [0, 0.05) is 12.3 Å². The number of imidazole rings is 1. The number of halogens is 5. The van der Waals surface area contributed by atoms with E-state index in [1.807, 2.05) is 4.72 Å². The zero-order chi connectivity index (χ0) is 25.8. The van der Waals surface area contributed by atoms with Gasteiger partial charge in [-0.1, -0.05) is 53.5 Å². The molecule has 35 heavy (non-hydrogen) atoms. The Morgan fingerprint density at radius 2 is 1.86 bits per heavy atom. The van der Waals surface area contributed by atoms with Crippen LogP contribution < -0.4 is 4.72 Å². The van der Waals surface area contributed by atoms with Crippen molar-refractivity contribution in [1.29, 1.82) is 0 Å². The second-order valence-electron chi connectivity index (χ2n) is 7.13. The molecule has 0 aliphatic carbocycles. The number of nitrogens with one attached hydrogen (secondary N) is 1. The maximum absolute atomic E-state index is 12.9. The number of amides is 1. The van der Waals surface area contributed by atoms with E-state index in [9.17, 15) is 26.4 Å². The SMILES string of the molecule is Cc1nc(Cl)c(/C=C/C(=O)NS(=O)(=O)/C=C/c2ccccc2)n1Cc1ncc(C(F)(F)F)cc1Cl. The number of rotatable bonds is 7. The second kappa shape index (κ2) is 10.6. The van der Waals surface area contributed by atoms with E-state index in [1.165, 1.54) is 16.7 Å². The van der Waals surface area contributed by atoms with Gasteiger partial charge >= 0.3 is 6.18 Å². The quantitative estimate of drug-likeness (QED) is 0.418. The van der Waals surface area contributed by atoms with Crippen LogP contribution in [0.3, 0.4) is 0 Å². The van der Waals surface area contributed by atoms with Crippen molar-refractivity contribution < 1.29 is 26.4 Å². The molecule has 1 aromatic carbocycles. The van der Waals surface area contributed by atoms with Gasteiger partial charge in [0.2, 0.25) is 0 Å². The predicted molar refractivity (Wildman–Crippen MR) is 127 cm³/mol. The predicted octanol–water partition coefficient (Wildman–Crippen LogP) is 5.09. The molecule has 184 valence electrons. The maximum atomic E-state index is 12.9. The zero-order valence-electron chi connectivity index (χ0n) is 17.9. The smallest absolute Gasteiger partial charge is 0.321 e. The Morgan fingerprint density at radius 3 is 2.49 bits per heavy atom. The van der Waals surface area contributed by atoms with Crippen molar-refractivity contribution in [2.45, 2.75) is 19.6 Å². The third kappa shape index (κ3) is 7.17. The van der Waals surface area contributed by atoms with Crippen LogP contribution in [0, 0.1) is 6.92 Å². The summed E-state index contributed by atoms with van der Waals surface area (Å²) in [7, 11) is -4.07.